The Morgan fingerprint density at radius 3 is 2.75 bits per heavy atom. The Labute approximate surface area is 128 Å². The molecule has 1 aliphatic heterocycles. The number of halogens is 2. The van der Waals surface area contributed by atoms with Crippen LogP contribution in [0.15, 0.2) is 12.1 Å². The molecule has 1 aromatic carbocycles. The molecule has 0 N–H and O–H groups in total. The van der Waals surface area contributed by atoms with Crippen LogP contribution in [0.1, 0.15) is 6.42 Å². The molecule has 1 atom stereocenters. The standard InChI is InChI=1S/C10H7Cl2N3O3S2/c11-6-1-2-7-9(14-19-13-7)10(6)15-4-5(3-8(15)16)20(12,17)18/h1-2,5H,3-4H2. The van der Waals surface area contributed by atoms with Gasteiger partial charge in [0.1, 0.15) is 16.3 Å². The largest absolute Gasteiger partial charge is 0.308 e. The molecule has 1 saturated heterocycles. The number of hydrogen-bond acceptors (Lipinski definition) is 6. The number of rotatable bonds is 2. The molecule has 6 nitrogen and oxygen atoms in total. The van der Waals surface area contributed by atoms with E-state index in [1.165, 1.54) is 4.90 Å². The fraction of sp³-hybridized carbons (Fsp3) is 0.300. The van der Waals surface area contributed by atoms with E-state index in [9.17, 15) is 13.2 Å². The van der Waals surface area contributed by atoms with Crippen LogP contribution in [0.3, 0.4) is 0 Å². The Balaban J connectivity index is 2.10. The van der Waals surface area contributed by atoms with Crippen molar-refractivity contribution < 1.29 is 13.2 Å². The zero-order valence-corrected chi connectivity index (χ0v) is 12.9. The maximum Gasteiger partial charge on any atom is 0.237 e. The van der Waals surface area contributed by atoms with Crippen molar-refractivity contribution in [3.05, 3.63) is 17.2 Å². The van der Waals surface area contributed by atoms with Crippen LogP contribution >= 0.6 is 34.0 Å². The Kier molecular flexibility index (Phi) is 3.36. The molecule has 0 aliphatic carbocycles. The monoisotopic (exact) mass is 351 g/mol. The van der Waals surface area contributed by atoms with Gasteiger partial charge in [0.25, 0.3) is 0 Å². The van der Waals surface area contributed by atoms with Crippen LogP contribution in [0.4, 0.5) is 5.69 Å². The molecule has 1 fully saturated rings. The number of carbonyl (C=O) groups excluding carboxylic acids is 1. The molecule has 10 heteroatoms. The van der Waals surface area contributed by atoms with Crippen molar-refractivity contribution in [1.82, 2.24) is 8.75 Å². The molecule has 0 radical (unpaired) electrons. The topological polar surface area (TPSA) is 80.2 Å². The minimum absolute atomic E-state index is 0.0268. The third-order valence-corrected chi connectivity index (χ3v) is 5.83. The Bertz CT molecular complexity index is 805. The van der Waals surface area contributed by atoms with Gasteiger partial charge in [-0.2, -0.15) is 8.75 Å². The van der Waals surface area contributed by atoms with Gasteiger partial charge in [0, 0.05) is 23.6 Å². The number of benzene rings is 1. The minimum atomic E-state index is -3.80. The van der Waals surface area contributed by atoms with Crippen molar-refractivity contribution in [3.63, 3.8) is 0 Å². The molecule has 3 rings (SSSR count). The summed E-state index contributed by atoms with van der Waals surface area (Å²) in [5.74, 6) is -0.346. The van der Waals surface area contributed by atoms with E-state index in [0.717, 1.165) is 11.7 Å². The predicted molar refractivity (Wildman–Crippen MR) is 78.0 cm³/mol. The summed E-state index contributed by atoms with van der Waals surface area (Å²) in [5.41, 5.74) is 1.49. The van der Waals surface area contributed by atoms with E-state index in [4.69, 9.17) is 22.3 Å². The number of amides is 1. The third-order valence-electron chi connectivity index (χ3n) is 3.11. The maximum atomic E-state index is 12.0. The summed E-state index contributed by atoms with van der Waals surface area (Å²) < 4.78 is 31.0. The summed E-state index contributed by atoms with van der Waals surface area (Å²) in [6, 6.07) is 3.30. The first-order valence-electron chi connectivity index (χ1n) is 5.52. The van der Waals surface area contributed by atoms with E-state index < -0.39 is 14.3 Å². The highest BCUT2D eigenvalue weighted by Crippen LogP contribution is 2.37. The SMILES string of the molecule is O=C1CC(S(=O)(=O)Cl)CN1c1c(Cl)ccc2nsnc12. The normalized spacial score (nSPS) is 20.0. The molecule has 0 saturated carbocycles. The molecule has 1 amide bonds. The molecule has 1 aliphatic rings. The van der Waals surface area contributed by atoms with Gasteiger partial charge in [0.2, 0.25) is 15.0 Å². The van der Waals surface area contributed by atoms with E-state index in [0.29, 0.717) is 21.7 Å². The number of aromatic nitrogens is 2. The number of carbonyl (C=O) groups is 1. The molecule has 1 unspecified atom stereocenters. The first kappa shape index (κ1) is 14.0. The van der Waals surface area contributed by atoms with Gasteiger partial charge >= 0.3 is 0 Å². The number of anilines is 1. The molecular weight excluding hydrogens is 345 g/mol. The van der Waals surface area contributed by atoms with E-state index >= 15 is 0 Å². The van der Waals surface area contributed by atoms with Crippen molar-refractivity contribution >= 4 is 65.7 Å². The van der Waals surface area contributed by atoms with Gasteiger partial charge in [0.05, 0.1) is 22.4 Å². The summed E-state index contributed by atoms with van der Waals surface area (Å²) >= 11 is 7.13. The molecule has 0 bridgehead atoms. The third kappa shape index (κ3) is 2.26. The second kappa shape index (κ2) is 4.80. The minimum Gasteiger partial charge on any atom is -0.308 e. The lowest BCUT2D eigenvalue weighted by Crippen LogP contribution is -2.27. The van der Waals surface area contributed by atoms with Gasteiger partial charge < -0.3 is 4.90 Å². The lowest BCUT2D eigenvalue weighted by Gasteiger charge is -2.17. The summed E-state index contributed by atoms with van der Waals surface area (Å²) in [6.45, 7) is -0.0268. The van der Waals surface area contributed by atoms with E-state index in [1.807, 2.05) is 0 Å². The van der Waals surface area contributed by atoms with Crippen molar-refractivity contribution in [1.29, 1.82) is 0 Å². The Morgan fingerprint density at radius 1 is 1.35 bits per heavy atom. The van der Waals surface area contributed by atoms with E-state index in [2.05, 4.69) is 8.75 Å². The van der Waals surface area contributed by atoms with E-state index in [-0.39, 0.29) is 18.9 Å². The molecular formula is C10H7Cl2N3O3S2. The first-order chi connectivity index (χ1) is 9.38. The van der Waals surface area contributed by atoms with Crippen LogP contribution in [0.5, 0.6) is 0 Å². The lowest BCUT2D eigenvalue weighted by atomic mass is 10.2. The number of nitrogens with zero attached hydrogens (tertiary/aromatic N) is 3. The van der Waals surface area contributed by atoms with Crippen LogP contribution in [-0.2, 0) is 13.8 Å². The molecule has 1 aromatic heterocycles. The second-order valence-corrected chi connectivity index (χ2v) is 8.18. The fourth-order valence-corrected chi connectivity index (χ4v) is 3.97. The van der Waals surface area contributed by atoms with Gasteiger partial charge in [0.15, 0.2) is 0 Å². The summed E-state index contributed by atoms with van der Waals surface area (Å²) in [5, 5.41) is -0.610. The smallest absolute Gasteiger partial charge is 0.237 e. The van der Waals surface area contributed by atoms with Crippen molar-refractivity contribution in [2.45, 2.75) is 11.7 Å². The van der Waals surface area contributed by atoms with Crippen molar-refractivity contribution in [2.24, 2.45) is 0 Å². The maximum absolute atomic E-state index is 12.0. The molecule has 0 spiro atoms. The molecule has 2 aromatic rings. The van der Waals surface area contributed by atoms with Gasteiger partial charge in [-0.05, 0) is 12.1 Å². The van der Waals surface area contributed by atoms with Crippen molar-refractivity contribution in [2.75, 3.05) is 11.4 Å². The predicted octanol–water partition coefficient (Wildman–Crippen LogP) is 2.02. The van der Waals surface area contributed by atoms with Gasteiger partial charge in [-0.1, -0.05) is 11.6 Å². The highest BCUT2D eigenvalue weighted by molar-refractivity contribution is 8.14. The second-order valence-electron chi connectivity index (χ2n) is 4.33. The summed E-state index contributed by atoms with van der Waals surface area (Å²) in [6.07, 6.45) is -0.157. The van der Waals surface area contributed by atoms with Crippen LogP contribution < -0.4 is 4.90 Å². The van der Waals surface area contributed by atoms with E-state index in [1.54, 1.807) is 12.1 Å². The van der Waals surface area contributed by atoms with Crippen LogP contribution in [0.2, 0.25) is 5.02 Å². The molecule has 20 heavy (non-hydrogen) atoms. The van der Waals surface area contributed by atoms with Crippen molar-refractivity contribution in [3.8, 4) is 0 Å². The van der Waals surface area contributed by atoms with Crippen LogP contribution in [0, 0.1) is 0 Å². The van der Waals surface area contributed by atoms with Gasteiger partial charge in [-0.25, -0.2) is 8.42 Å². The van der Waals surface area contributed by atoms with Gasteiger partial charge in [-0.3, -0.25) is 4.79 Å². The summed E-state index contributed by atoms with van der Waals surface area (Å²) in [7, 11) is 1.53. The average molecular weight is 352 g/mol. The van der Waals surface area contributed by atoms with Crippen LogP contribution in [-0.4, -0.2) is 34.9 Å². The Hall–Kier alpha value is -0.960. The van der Waals surface area contributed by atoms with Crippen LogP contribution in [0.25, 0.3) is 11.0 Å². The lowest BCUT2D eigenvalue weighted by molar-refractivity contribution is -0.117. The highest BCUT2D eigenvalue weighted by Gasteiger charge is 2.39. The Morgan fingerprint density at radius 2 is 2.10 bits per heavy atom. The summed E-state index contributed by atoms with van der Waals surface area (Å²) in [4.78, 5) is 13.4. The zero-order chi connectivity index (χ0) is 14.5. The number of hydrogen-bond donors (Lipinski definition) is 0. The number of fused-ring (bicyclic) bond motifs is 1. The quantitative estimate of drug-likeness (QED) is 0.773. The molecule has 2 heterocycles. The average Bonchev–Trinajstić information content (AvgIpc) is 2.95. The zero-order valence-electron chi connectivity index (χ0n) is 9.79. The fourth-order valence-electron chi connectivity index (χ4n) is 2.15. The molecule has 106 valence electrons. The highest BCUT2D eigenvalue weighted by atomic mass is 35.7. The van der Waals surface area contributed by atoms with Gasteiger partial charge in [-0.15, -0.1) is 0 Å². The first-order valence-corrected chi connectivity index (χ1v) is 9.00.